The molecule has 1 fully saturated rings. The normalized spacial score (nSPS) is 17.2. The van der Waals surface area contributed by atoms with Crippen LogP contribution in [0.1, 0.15) is 23.5 Å². The van der Waals surface area contributed by atoms with Gasteiger partial charge in [-0.2, -0.15) is 18.3 Å². The van der Waals surface area contributed by atoms with Gasteiger partial charge in [0, 0.05) is 39.3 Å². The highest BCUT2D eigenvalue weighted by molar-refractivity contribution is 14.0. The second-order valence-corrected chi connectivity index (χ2v) is 6.72. The molecule has 1 aliphatic heterocycles. The van der Waals surface area contributed by atoms with Crippen LogP contribution in [-0.2, 0) is 13.2 Å². The Hall–Kier alpha value is -1.98. The Morgan fingerprint density at radius 2 is 2.03 bits per heavy atom. The molecule has 6 nitrogen and oxygen atoms in total. The van der Waals surface area contributed by atoms with Crippen LogP contribution in [0.5, 0.6) is 5.75 Å². The second kappa shape index (κ2) is 10.2. The van der Waals surface area contributed by atoms with Crippen LogP contribution in [0.25, 0.3) is 0 Å². The lowest BCUT2D eigenvalue weighted by Crippen LogP contribution is -2.41. The lowest BCUT2D eigenvalue weighted by Gasteiger charge is -2.21. The van der Waals surface area contributed by atoms with Gasteiger partial charge in [-0.3, -0.25) is 9.67 Å². The van der Waals surface area contributed by atoms with Gasteiger partial charge < -0.3 is 15.0 Å². The first-order valence-corrected chi connectivity index (χ1v) is 9.11. The Morgan fingerprint density at radius 3 is 2.62 bits per heavy atom. The molecule has 160 valence electrons. The van der Waals surface area contributed by atoms with Crippen LogP contribution in [0.2, 0.25) is 0 Å². The van der Waals surface area contributed by atoms with Gasteiger partial charge in [0.2, 0.25) is 0 Å². The number of benzene rings is 1. The number of aliphatic imine (C=N–C) groups is 1. The zero-order chi connectivity index (χ0) is 20.1. The third-order valence-corrected chi connectivity index (χ3v) is 4.73. The summed E-state index contributed by atoms with van der Waals surface area (Å²) in [4.78, 5) is 6.51. The fourth-order valence-electron chi connectivity index (χ4n) is 3.28. The first-order chi connectivity index (χ1) is 13.4. The summed E-state index contributed by atoms with van der Waals surface area (Å²) in [6, 6.07) is 4.70. The molecule has 29 heavy (non-hydrogen) atoms. The van der Waals surface area contributed by atoms with Crippen molar-refractivity contribution in [3.8, 4) is 5.75 Å². The van der Waals surface area contributed by atoms with E-state index >= 15 is 0 Å². The number of aryl methyl sites for hydroxylation is 1. The minimum Gasteiger partial charge on any atom is -0.492 e. The van der Waals surface area contributed by atoms with Gasteiger partial charge in [-0.05, 0) is 36.2 Å². The summed E-state index contributed by atoms with van der Waals surface area (Å²) < 4.78 is 45.0. The third-order valence-electron chi connectivity index (χ3n) is 4.73. The van der Waals surface area contributed by atoms with Crippen molar-refractivity contribution in [2.24, 2.45) is 12.0 Å². The molecule has 1 aliphatic rings. The Balaban J connectivity index is 0.00000300. The SMILES string of the molecule is CN=C(NCCOc1ccc(C(F)(F)F)cc1)N1CCC(c2cnn(C)c2)C1.I. The monoisotopic (exact) mass is 523 g/mol. The Kier molecular flexibility index (Phi) is 8.17. The molecule has 0 bridgehead atoms. The predicted molar refractivity (Wildman–Crippen MR) is 116 cm³/mol. The molecule has 1 aromatic carbocycles. The summed E-state index contributed by atoms with van der Waals surface area (Å²) in [5, 5.41) is 7.48. The highest BCUT2D eigenvalue weighted by atomic mass is 127. The fraction of sp³-hybridized carbons (Fsp3) is 0.474. The number of halogens is 4. The van der Waals surface area contributed by atoms with Gasteiger partial charge >= 0.3 is 6.18 Å². The standard InChI is InChI=1S/C19H24F3N5O.HI/c1-23-18(27-9-7-14(13-27)15-11-25-26(2)12-15)24-8-10-28-17-5-3-16(4-6-17)19(20,21)22;/h3-6,11-12,14H,7-10,13H2,1-2H3,(H,23,24);1H. The summed E-state index contributed by atoms with van der Waals surface area (Å²) in [6.45, 7) is 2.59. The maximum Gasteiger partial charge on any atom is 0.416 e. The van der Waals surface area contributed by atoms with Crippen molar-refractivity contribution in [3.63, 3.8) is 0 Å². The number of nitrogens with one attached hydrogen (secondary N) is 1. The van der Waals surface area contributed by atoms with E-state index in [1.807, 2.05) is 24.1 Å². The van der Waals surface area contributed by atoms with Crippen LogP contribution in [0.4, 0.5) is 13.2 Å². The van der Waals surface area contributed by atoms with E-state index in [9.17, 15) is 13.2 Å². The molecular weight excluding hydrogens is 498 g/mol. The summed E-state index contributed by atoms with van der Waals surface area (Å²) in [6.07, 6.45) is 0.648. The van der Waals surface area contributed by atoms with E-state index in [-0.39, 0.29) is 24.0 Å². The van der Waals surface area contributed by atoms with Gasteiger partial charge in [0.05, 0.1) is 18.3 Å². The molecule has 0 amide bonds. The number of ether oxygens (including phenoxy) is 1. The van der Waals surface area contributed by atoms with Crippen LogP contribution in [-0.4, -0.2) is 53.9 Å². The first-order valence-electron chi connectivity index (χ1n) is 9.11. The number of rotatable bonds is 5. The number of nitrogens with zero attached hydrogens (tertiary/aromatic N) is 4. The van der Waals surface area contributed by atoms with Crippen molar-refractivity contribution < 1.29 is 17.9 Å². The number of hydrogen-bond donors (Lipinski definition) is 1. The lowest BCUT2D eigenvalue weighted by atomic mass is 10.0. The number of alkyl halides is 3. The zero-order valence-electron chi connectivity index (χ0n) is 16.3. The van der Waals surface area contributed by atoms with Gasteiger partial charge in [-0.15, -0.1) is 24.0 Å². The fourth-order valence-corrected chi connectivity index (χ4v) is 3.28. The molecule has 1 aromatic heterocycles. The Labute approximate surface area is 185 Å². The third kappa shape index (κ3) is 6.25. The van der Waals surface area contributed by atoms with E-state index in [2.05, 4.69) is 20.3 Å². The molecule has 2 aromatic rings. The molecule has 1 unspecified atom stereocenters. The van der Waals surface area contributed by atoms with Crippen LogP contribution in [0.3, 0.4) is 0 Å². The van der Waals surface area contributed by atoms with Crippen LogP contribution in [0, 0.1) is 0 Å². The largest absolute Gasteiger partial charge is 0.492 e. The van der Waals surface area contributed by atoms with E-state index in [1.54, 1.807) is 7.05 Å². The van der Waals surface area contributed by atoms with Gasteiger partial charge in [0.25, 0.3) is 0 Å². The average molecular weight is 523 g/mol. The van der Waals surface area contributed by atoms with Gasteiger partial charge in [0.15, 0.2) is 5.96 Å². The van der Waals surface area contributed by atoms with Crippen LogP contribution >= 0.6 is 24.0 Å². The molecule has 0 spiro atoms. The van der Waals surface area contributed by atoms with E-state index in [0.29, 0.717) is 24.8 Å². The molecule has 2 heterocycles. The highest BCUT2D eigenvalue weighted by Crippen LogP contribution is 2.30. The maximum absolute atomic E-state index is 12.6. The van der Waals surface area contributed by atoms with Gasteiger partial charge in [-0.1, -0.05) is 0 Å². The quantitative estimate of drug-likeness (QED) is 0.282. The number of guanidine groups is 1. The van der Waals surface area contributed by atoms with Crippen molar-refractivity contribution in [1.29, 1.82) is 0 Å². The molecule has 1 saturated heterocycles. The van der Waals surface area contributed by atoms with Crippen molar-refractivity contribution in [2.45, 2.75) is 18.5 Å². The zero-order valence-corrected chi connectivity index (χ0v) is 18.6. The molecule has 0 radical (unpaired) electrons. The number of hydrogen-bond acceptors (Lipinski definition) is 3. The van der Waals surface area contributed by atoms with E-state index in [4.69, 9.17) is 4.74 Å². The Morgan fingerprint density at radius 1 is 1.31 bits per heavy atom. The number of likely N-dealkylation sites (tertiary alicyclic amines) is 1. The molecule has 10 heteroatoms. The van der Waals surface area contributed by atoms with Crippen molar-refractivity contribution in [3.05, 3.63) is 47.8 Å². The van der Waals surface area contributed by atoms with Gasteiger partial charge in [0.1, 0.15) is 12.4 Å². The van der Waals surface area contributed by atoms with Gasteiger partial charge in [-0.25, -0.2) is 0 Å². The summed E-state index contributed by atoms with van der Waals surface area (Å²) in [7, 11) is 3.64. The van der Waals surface area contributed by atoms with Crippen LogP contribution in [0.15, 0.2) is 41.7 Å². The summed E-state index contributed by atoms with van der Waals surface area (Å²) in [5.41, 5.74) is 0.543. The molecular formula is C19H25F3IN5O. The van der Waals surface area contributed by atoms with Crippen molar-refractivity contribution in [2.75, 3.05) is 33.3 Å². The Bertz CT molecular complexity index is 807. The van der Waals surface area contributed by atoms with E-state index < -0.39 is 11.7 Å². The summed E-state index contributed by atoms with van der Waals surface area (Å²) in [5.74, 6) is 1.63. The topological polar surface area (TPSA) is 54.7 Å². The summed E-state index contributed by atoms with van der Waals surface area (Å²) >= 11 is 0. The lowest BCUT2D eigenvalue weighted by molar-refractivity contribution is -0.137. The second-order valence-electron chi connectivity index (χ2n) is 6.72. The average Bonchev–Trinajstić information content (AvgIpc) is 3.30. The predicted octanol–water partition coefficient (Wildman–Crippen LogP) is 3.50. The van der Waals surface area contributed by atoms with Crippen LogP contribution < -0.4 is 10.1 Å². The van der Waals surface area contributed by atoms with E-state index in [0.717, 1.165) is 37.6 Å². The maximum atomic E-state index is 12.6. The molecule has 1 atom stereocenters. The minimum atomic E-state index is -4.34. The van der Waals surface area contributed by atoms with Crippen molar-refractivity contribution in [1.82, 2.24) is 20.0 Å². The van der Waals surface area contributed by atoms with Crippen molar-refractivity contribution >= 4 is 29.9 Å². The molecule has 0 aliphatic carbocycles. The molecule has 3 rings (SSSR count). The van der Waals surface area contributed by atoms with E-state index in [1.165, 1.54) is 17.7 Å². The first kappa shape index (κ1) is 23.3. The number of aromatic nitrogens is 2. The molecule has 0 saturated carbocycles. The highest BCUT2D eigenvalue weighted by Gasteiger charge is 2.30. The molecule has 1 N–H and O–H groups in total. The minimum absolute atomic E-state index is 0. The smallest absolute Gasteiger partial charge is 0.416 e.